The van der Waals surface area contributed by atoms with Crippen LogP contribution in [0.2, 0.25) is 5.02 Å². The van der Waals surface area contributed by atoms with E-state index in [-0.39, 0.29) is 5.78 Å². The number of aromatic nitrogens is 1. The first kappa shape index (κ1) is 10.8. The van der Waals surface area contributed by atoms with Gasteiger partial charge >= 0.3 is 0 Å². The van der Waals surface area contributed by atoms with Crippen molar-refractivity contribution in [3.05, 3.63) is 50.4 Å². The summed E-state index contributed by atoms with van der Waals surface area (Å²) in [5.74, 6) is -0.102. The van der Waals surface area contributed by atoms with E-state index in [1.54, 1.807) is 29.8 Å². The molecule has 1 aromatic heterocycles. The predicted molar refractivity (Wildman–Crippen MR) is 64.7 cm³/mol. The number of hydrogen-bond donors (Lipinski definition) is 0. The van der Waals surface area contributed by atoms with Gasteiger partial charge in [0.1, 0.15) is 0 Å². The zero-order chi connectivity index (χ0) is 10.8. The lowest BCUT2D eigenvalue weighted by Gasteiger charge is -2.02. The summed E-state index contributed by atoms with van der Waals surface area (Å²) in [6.07, 6.45) is 1.55. The van der Waals surface area contributed by atoms with Crippen LogP contribution in [0.5, 0.6) is 0 Å². The quantitative estimate of drug-likeness (QED) is 0.790. The average Bonchev–Trinajstić information content (AvgIpc) is 2.74. The molecule has 0 aliphatic carbocycles. The molecule has 0 aliphatic rings. The number of benzene rings is 1. The van der Waals surface area contributed by atoms with Crippen LogP contribution in [0.25, 0.3) is 0 Å². The van der Waals surface area contributed by atoms with E-state index >= 15 is 0 Å². The predicted octanol–water partition coefficient (Wildman–Crippen LogP) is 3.79. The summed E-state index contributed by atoms with van der Waals surface area (Å²) in [4.78, 5) is 11.9. The number of ketones is 1. The maximum Gasteiger partial charge on any atom is 0.197 e. The molecule has 2 nitrogen and oxygen atoms in total. The van der Waals surface area contributed by atoms with Gasteiger partial charge in [-0.1, -0.05) is 17.7 Å². The molecule has 0 saturated carbocycles. The normalized spacial score (nSPS) is 10.3. The van der Waals surface area contributed by atoms with E-state index < -0.39 is 0 Å². The summed E-state index contributed by atoms with van der Waals surface area (Å²) in [6, 6.07) is 5.28. The molecule has 0 amide bonds. The lowest BCUT2D eigenvalue weighted by atomic mass is 10.1. The van der Waals surface area contributed by atoms with Crippen LogP contribution in [0, 0.1) is 0 Å². The fourth-order valence-corrected chi connectivity index (χ4v) is 2.25. The van der Waals surface area contributed by atoms with Crippen molar-refractivity contribution in [1.29, 1.82) is 0 Å². The lowest BCUT2D eigenvalue weighted by molar-refractivity contribution is 0.103. The first-order valence-electron chi connectivity index (χ1n) is 4.08. The van der Waals surface area contributed by atoms with Crippen LogP contribution in [0.1, 0.15) is 15.9 Å². The van der Waals surface area contributed by atoms with Crippen molar-refractivity contribution in [1.82, 2.24) is 4.37 Å². The van der Waals surface area contributed by atoms with Gasteiger partial charge in [0.2, 0.25) is 0 Å². The molecule has 0 unspecified atom stereocenters. The Kier molecular flexibility index (Phi) is 3.19. The molecule has 0 bridgehead atoms. The Labute approximate surface area is 104 Å². The van der Waals surface area contributed by atoms with E-state index in [2.05, 4.69) is 20.3 Å². The molecule has 0 atom stereocenters. The number of carbonyl (C=O) groups excluding carboxylic acids is 1. The maximum atomic E-state index is 11.9. The summed E-state index contributed by atoms with van der Waals surface area (Å²) < 4.78 is 4.61. The summed E-state index contributed by atoms with van der Waals surface area (Å²) >= 11 is 10.5. The summed E-state index contributed by atoms with van der Waals surface area (Å²) in [7, 11) is 0. The van der Waals surface area contributed by atoms with Crippen molar-refractivity contribution in [2.24, 2.45) is 0 Å². The zero-order valence-corrected chi connectivity index (χ0v) is 10.6. The Morgan fingerprint density at radius 3 is 2.93 bits per heavy atom. The Bertz CT molecular complexity index is 498. The smallest absolute Gasteiger partial charge is 0.197 e. The lowest BCUT2D eigenvalue weighted by Crippen LogP contribution is -2.00. The van der Waals surface area contributed by atoms with Gasteiger partial charge < -0.3 is 0 Å². The highest BCUT2D eigenvalue weighted by atomic mass is 79.9. The summed E-state index contributed by atoms with van der Waals surface area (Å²) in [5, 5.41) is 2.15. The third kappa shape index (κ3) is 2.12. The number of nitrogens with zero attached hydrogens (tertiary/aromatic N) is 1. The number of rotatable bonds is 2. The molecule has 76 valence electrons. The number of carbonyl (C=O) groups is 1. The molecule has 15 heavy (non-hydrogen) atoms. The van der Waals surface area contributed by atoms with Crippen molar-refractivity contribution in [3.63, 3.8) is 0 Å². The molecule has 2 aromatic rings. The maximum absolute atomic E-state index is 11.9. The van der Waals surface area contributed by atoms with Gasteiger partial charge in [0.05, 0.1) is 16.8 Å². The van der Waals surface area contributed by atoms with Crippen molar-refractivity contribution < 1.29 is 4.79 Å². The first-order valence-corrected chi connectivity index (χ1v) is 6.09. The monoisotopic (exact) mass is 301 g/mol. The molecule has 0 N–H and O–H groups in total. The Morgan fingerprint density at radius 2 is 2.27 bits per heavy atom. The molecular formula is C10H5BrClNOS. The molecule has 0 radical (unpaired) electrons. The third-order valence-electron chi connectivity index (χ3n) is 1.89. The molecule has 1 aromatic carbocycles. The van der Waals surface area contributed by atoms with Crippen molar-refractivity contribution in [2.75, 3.05) is 0 Å². The molecule has 2 rings (SSSR count). The number of hydrogen-bond acceptors (Lipinski definition) is 3. The van der Waals surface area contributed by atoms with Crippen LogP contribution in [0.15, 0.2) is 34.2 Å². The fourth-order valence-electron chi connectivity index (χ4n) is 1.15. The van der Waals surface area contributed by atoms with Crippen molar-refractivity contribution >= 4 is 44.8 Å². The second-order valence-electron chi connectivity index (χ2n) is 2.84. The summed E-state index contributed by atoms with van der Waals surface area (Å²) in [6.45, 7) is 0. The minimum Gasteiger partial charge on any atom is -0.288 e. The molecular weight excluding hydrogens is 298 g/mol. The van der Waals surface area contributed by atoms with Gasteiger partial charge in [-0.25, -0.2) is 4.37 Å². The van der Waals surface area contributed by atoms with Gasteiger partial charge in [0.15, 0.2) is 5.78 Å². The van der Waals surface area contributed by atoms with E-state index in [0.29, 0.717) is 16.1 Å². The van der Waals surface area contributed by atoms with Gasteiger partial charge in [-0.2, -0.15) is 0 Å². The van der Waals surface area contributed by atoms with Crippen LogP contribution in [-0.4, -0.2) is 10.2 Å². The number of halogens is 2. The molecule has 0 fully saturated rings. The highest BCUT2D eigenvalue weighted by molar-refractivity contribution is 9.10. The fraction of sp³-hybridized carbons (Fsp3) is 0. The van der Waals surface area contributed by atoms with Crippen molar-refractivity contribution in [2.45, 2.75) is 0 Å². The summed E-state index contributed by atoms with van der Waals surface area (Å²) in [5.41, 5.74) is 1.06. The minimum atomic E-state index is -0.102. The van der Waals surface area contributed by atoms with Gasteiger partial charge in [-0.3, -0.25) is 4.79 Å². The molecule has 1 heterocycles. The van der Waals surface area contributed by atoms with E-state index in [1.807, 2.05) is 0 Å². The van der Waals surface area contributed by atoms with E-state index in [0.717, 1.165) is 4.47 Å². The highest BCUT2D eigenvalue weighted by Gasteiger charge is 2.14. The highest BCUT2D eigenvalue weighted by Crippen LogP contribution is 2.27. The van der Waals surface area contributed by atoms with E-state index in [9.17, 15) is 4.79 Å². The first-order chi connectivity index (χ1) is 7.20. The van der Waals surface area contributed by atoms with Crippen molar-refractivity contribution in [3.8, 4) is 0 Å². The Balaban J connectivity index is 2.47. The molecule has 0 saturated heterocycles. The SMILES string of the molecule is O=C(c1cnsc1)c1cccc(Br)c1Cl. The van der Waals surface area contributed by atoms with Crippen LogP contribution >= 0.6 is 39.1 Å². The van der Waals surface area contributed by atoms with E-state index in [4.69, 9.17) is 11.6 Å². The Hall–Kier alpha value is -0.710. The van der Waals surface area contributed by atoms with Crippen LogP contribution < -0.4 is 0 Å². The Morgan fingerprint density at radius 1 is 1.47 bits per heavy atom. The van der Waals surface area contributed by atoms with E-state index in [1.165, 1.54) is 11.5 Å². The second kappa shape index (κ2) is 4.43. The van der Waals surface area contributed by atoms with Crippen LogP contribution in [-0.2, 0) is 0 Å². The topological polar surface area (TPSA) is 30.0 Å². The van der Waals surface area contributed by atoms with Gasteiger partial charge in [-0.05, 0) is 39.6 Å². The van der Waals surface area contributed by atoms with Crippen LogP contribution in [0.4, 0.5) is 0 Å². The standard InChI is InChI=1S/C10H5BrClNOS/c11-8-3-1-2-7(9(8)12)10(14)6-4-13-15-5-6/h1-5H. The molecule has 5 heteroatoms. The van der Waals surface area contributed by atoms with Gasteiger partial charge in [0, 0.05) is 15.4 Å². The third-order valence-corrected chi connectivity index (χ3v) is 3.77. The second-order valence-corrected chi connectivity index (χ2v) is 4.73. The van der Waals surface area contributed by atoms with Gasteiger partial charge in [0.25, 0.3) is 0 Å². The minimum absolute atomic E-state index is 0.102. The largest absolute Gasteiger partial charge is 0.288 e. The zero-order valence-electron chi connectivity index (χ0n) is 7.41. The average molecular weight is 303 g/mol. The molecule has 0 aliphatic heterocycles. The molecule has 0 spiro atoms. The van der Waals surface area contributed by atoms with Crippen LogP contribution in [0.3, 0.4) is 0 Å². The van der Waals surface area contributed by atoms with Gasteiger partial charge in [-0.15, -0.1) is 0 Å².